The minimum Gasteiger partial charge on any atom is -0.491 e. The molecule has 13 nitrogen and oxygen atoms in total. The monoisotopic (exact) mass is 757 g/mol. The average Bonchev–Trinajstić information content (AvgIpc) is 3.70. The van der Waals surface area contributed by atoms with Crippen molar-refractivity contribution in [2.24, 2.45) is 17.6 Å². The number of hydrogen-bond acceptors (Lipinski definition) is 11. The molecule has 1 spiro atoms. The van der Waals surface area contributed by atoms with Crippen molar-refractivity contribution in [1.82, 2.24) is 4.90 Å². The van der Waals surface area contributed by atoms with Gasteiger partial charge in [-0.2, -0.15) is 0 Å². The summed E-state index contributed by atoms with van der Waals surface area (Å²) in [5.41, 5.74) is 7.49. The van der Waals surface area contributed by atoms with Crippen LogP contribution in [0.4, 0.5) is 5.69 Å². The first-order valence-corrected chi connectivity index (χ1v) is 18.0. The van der Waals surface area contributed by atoms with Crippen LogP contribution in [0.5, 0.6) is 5.75 Å². The molecule has 4 N–H and O–H groups in total. The number of para-hydroxylation sites is 1. The number of benzene rings is 4. The Labute approximate surface area is 322 Å². The van der Waals surface area contributed by atoms with Gasteiger partial charge in [-0.25, -0.2) is 0 Å². The Hall–Kier alpha value is -6.49. The standard InChI is InChI=1S/C43H39N3O10/c1-53-39(49)29(40(50)54-2)18-11-12-25-20-21-31-30(24-25)43(42(52)45-31)33(38(44)48)35-41(51)56-36(27-15-7-4-8-16-27)34(26-13-5-3-6-14-26)46(35)37(43)28-17-9-10-19-32(28)55-23-22-47/h3-10,13-17,19-21,24,29,33-37,47H,18,22-23H2,1-2H3,(H2,44,48)(H,45,52)/t33-,34-,35-,36+,37+,43-/m1/s1. The Morgan fingerprint density at radius 1 is 0.893 bits per heavy atom. The second-order valence-electron chi connectivity index (χ2n) is 13.6. The number of cyclic esters (lactones) is 1. The molecule has 2 saturated heterocycles. The van der Waals surface area contributed by atoms with E-state index in [-0.39, 0.29) is 19.6 Å². The molecule has 3 aliphatic heterocycles. The fourth-order valence-electron chi connectivity index (χ4n) is 8.47. The van der Waals surface area contributed by atoms with Crippen LogP contribution in [-0.4, -0.2) is 73.2 Å². The molecule has 2 amide bonds. The third kappa shape index (κ3) is 6.32. The molecule has 0 bridgehead atoms. The predicted molar refractivity (Wildman–Crippen MR) is 200 cm³/mol. The lowest BCUT2D eigenvalue weighted by Crippen LogP contribution is -2.53. The van der Waals surface area contributed by atoms with Crippen molar-refractivity contribution >= 4 is 35.4 Å². The second-order valence-corrected chi connectivity index (χ2v) is 13.6. The number of nitrogens with two attached hydrogens (primary N) is 1. The number of ether oxygens (including phenoxy) is 4. The third-order valence-corrected chi connectivity index (χ3v) is 10.7. The zero-order valence-corrected chi connectivity index (χ0v) is 30.5. The predicted octanol–water partition coefficient (Wildman–Crippen LogP) is 3.52. The van der Waals surface area contributed by atoms with Crippen LogP contribution in [0.3, 0.4) is 0 Å². The fraction of sp³-hybridized carbons (Fsp3) is 0.279. The first kappa shape index (κ1) is 37.8. The number of aliphatic hydroxyl groups excluding tert-OH is 1. The van der Waals surface area contributed by atoms with Gasteiger partial charge in [-0.15, -0.1) is 0 Å². The number of aliphatic hydroxyl groups is 1. The number of methoxy groups -OCH3 is 2. The van der Waals surface area contributed by atoms with Crippen LogP contribution < -0.4 is 15.8 Å². The Bertz CT molecular complexity index is 2220. The van der Waals surface area contributed by atoms with E-state index in [4.69, 9.17) is 24.7 Å². The normalized spacial score (nSPS) is 23.6. The highest BCUT2D eigenvalue weighted by Gasteiger charge is 2.74. The van der Waals surface area contributed by atoms with Gasteiger partial charge in [0.15, 0.2) is 5.92 Å². The highest BCUT2D eigenvalue weighted by molar-refractivity contribution is 6.12. The van der Waals surface area contributed by atoms with Crippen molar-refractivity contribution in [1.29, 1.82) is 0 Å². The van der Waals surface area contributed by atoms with E-state index in [2.05, 4.69) is 17.2 Å². The van der Waals surface area contributed by atoms with Gasteiger partial charge >= 0.3 is 17.9 Å². The highest BCUT2D eigenvalue weighted by atomic mass is 16.6. The Morgan fingerprint density at radius 3 is 2.18 bits per heavy atom. The number of esters is 3. The minimum absolute atomic E-state index is 0.0726. The lowest BCUT2D eigenvalue weighted by atomic mass is 9.65. The number of amides is 2. The van der Waals surface area contributed by atoms with E-state index in [0.717, 1.165) is 19.8 Å². The van der Waals surface area contributed by atoms with Crippen LogP contribution in [0.2, 0.25) is 0 Å². The fourth-order valence-corrected chi connectivity index (χ4v) is 8.47. The first-order valence-electron chi connectivity index (χ1n) is 18.0. The molecule has 0 unspecified atom stereocenters. The number of fused-ring (bicyclic) bond motifs is 3. The van der Waals surface area contributed by atoms with Gasteiger partial charge in [0.25, 0.3) is 0 Å². The number of nitrogens with one attached hydrogen (secondary N) is 1. The molecule has 0 saturated carbocycles. The van der Waals surface area contributed by atoms with Crippen molar-refractivity contribution < 1.29 is 48.0 Å². The molecular formula is C43H39N3O10. The molecule has 2 fully saturated rings. The quantitative estimate of drug-likeness (QED) is 0.0932. The summed E-state index contributed by atoms with van der Waals surface area (Å²) >= 11 is 0. The summed E-state index contributed by atoms with van der Waals surface area (Å²) in [6, 6.07) is 27.4. The highest BCUT2D eigenvalue weighted by Crippen LogP contribution is 2.65. The van der Waals surface area contributed by atoms with Gasteiger partial charge in [-0.1, -0.05) is 90.7 Å². The van der Waals surface area contributed by atoms with Crippen molar-refractivity contribution in [3.05, 3.63) is 131 Å². The second kappa shape index (κ2) is 15.7. The Kier molecular flexibility index (Phi) is 10.6. The number of primary amides is 1. The molecule has 0 radical (unpaired) electrons. The molecule has 6 atom stereocenters. The van der Waals surface area contributed by atoms with Gasteiger partial charge in [0.1, 0.15) is 29.9 Å². The molecule has 4 aromatic carbocycles. The number of carbonyl (C=O) groups is 5. The van der Waals surface area contributed by atoms with Crippen molar-refractivity contribution in [3.8, 4) is 17.6 Å². The average molecular weight is 758 g/mol. The van der Waals surface area contributed by atoms with E-state index in [9.17, 15) is 24.3 Å². The third-order valence-electron chi connectivity index (χ3n) is 10.7. The van der Waals surface area contributed by atoms with Crippen molar-refractivity contribution in [3.63, 3.8) is 0 Å². The van der Waals surface area contributed by atoms with Gasteiger partial charge in [0, 0.05) is 23.2 Å². The Balaban J connectivity index is 1.49. The summed E-state index contributed by atoms with van der Waals surface area (Å²) in [6.45, 7) is -0.371. The van der Waals surface area contributed by atoms with Gasteiger partial charge in [0.2, 0.25) is 11.8 Å². The van der Waals surface area contributed by atoms with E-state index in [1.807, 2.05) is 65.6 Å². The van der Waals surface area contributed by atoms with Gasteiger partial charge in [-0.3, -0.25) is 28.9 Å². The van der Waals surface area contributed by atoms with Crippen molar-refractivity contribution in [2.75, 3.05) is 32.8 Å². The van der Waals surface area contributed by atoms with Crippen LogP contribution in [-0.2, 0) is 43.6 Å². The van der Waals surface area contributed by atoms with Crippen LogP contribution in [0.25, 0.3) is 0 Å². The number of morpholine rings is 1. The topological polar surface area (TPSA) is 184 Å². The van der Waals surface area contributed by atoms with E-state index in [0.29, 0.717) is 33.7 Å². The number of nitrogens with zero attached hydrogens (tertiary/aromatic N) is 1. The number of anilines is 1. The maximum absolute atomic E-state index is 15.0. The lowest BCUT2D eigenvalue weighted by Gasteiger charge is -2.46. The molecule has 286 valence electrons. The molecule has 0 aliphatic carbocycles. The minimum atomic E-state index is -1.86. The van der Waals surface area contributed by atoms with Crippen LogP contribution in [0.15, 0.2) is 103 Å². The molecule has 4 aromatic rings. The van der Waals surface area contributed by atoms with Crippen molar-refractivity contribution in [2.45, 2.75) is 36.1 Å². The molecule has 3 heterocycles. The van der Waals surface area contributed by atoms with Crippen LogP contribution in [0.1, 0.15) is 52.4 Å². The number of hydrogen-bond donors (Lipinski definition) is 3. The summed E-state index contributed by atoms with van der Waals surface area (Å²) in [6.07, 6.45) is -1.10. The summed E-state index contributed by atoms with van der Waals surface area (Å²) in [4.78, 5) is 70.3. The van der Waals surface area contributed by atoms with Crippen LogP contribution >= 0.6 is 0 Å². The van der Waals surface area contributed by atoms with E-state index in [1.54, 1.807) is 42.5 Å². The zero-order chi connectivity index (χ0) is 39.6. The maximum atomic E-state index is 15.0. The van der Waals surface area contributed by atoms with Gasteiger partial charge in [-0.05, 0) is 41.0 Å². The van der Waals surface area contributed by atoms with Crippen LogP contribution in [0, 0.1) is 23.7 Å². The number of carbonyl (C=O) groups excluding carboxylic acids is 5. The smallest absolute Gasteiger partial charge is 0.324 e. The summed E-state index contributed by atoms with van der Waals surface area (Å²) in [5.74, 6) is -0.433. The summed E-state index contributed by atoms with van der Waals surface area (Å²) < 4.78 is 21.9. The summed E-state index contributed by atoms with van der Waals surface area (Å²) in [5, 5.41) is 12.8. The Morgan fingerprint density at radius 2 is 1.54 bits per heavy atom. The van der Waals surface area contributed by atoms with E-state index >= 15 is 4.79 Å². The molecule has 13 heteroatoms. The lowest BCUT2D eigenvalue weighted by molar-refractivity contribution is -0.178. The maximum Gasteiger partial charge on any atom is 0.324 e. The van der Waals surface area contributed by atoms with Gasteiger partial charge < -0.3 is 35.1 Å². The molecular weight excluding hydrogens is 718 g/mol. The molecule has 3 aliphatic rings. The molecule has 0 aromatic heterocycles. The molecule has 7 rings (SSSR count). The first-order chi connectivity index (χ1) is 27.2. The SMILES string of the molecule is COC(=O)C(CC#Cc1ccc2c(c1)[C@]1(C(=O)N2)[C@H](c2ccccc2OCCO)N2[C@H](c3ccccc3)[C@H](c3ccccc3)OC(=O)[C@H]2[C@@H]1C(N)=O)C(=O)OC. The zero-order valence-electron chi connectivity index (χ0n) is 30.5. The molecule has 56 heavy (non-hydrogen) atoms. The van der Waals surface area contributed by atoms with E-state index < -0.39 is 71.2 Å². The van der Waals surface area contributed by atoms with Gasteiger partial charge in [0.05, 0.1) is 38.8 Å². The summed E-state index contributed by atoms with van der Waals surface area (Å²) in [7, 11) is 2.31. The largest absolute Gasteiger partial charge is 0.491 e. The van der Waals surface area contributed by atoms with E-state index in [1.165, 1.54) is 0 Å². The number of rotatable bonds is 10.